The predicted molar refractivity (Wildman–Crippen MR) is 52.9 cm³/mol. The average Bonchev–Trinajstić information content (AvgIpc) is 2.65. The molecule has 1 aromatic heterocycles. The number of rotatable bonds is 2. The Balaban J connectivity index is 2.34. The molecule has 0 amide bonds. The zero-order valence-electron chi connectivity index (χ0n) is 8.67. The second-order valence-electron chi connectivity index (χ2n) is 3.76. The van der Waals surface area contributed by atoms with Crippen LogP contribution in [0.2, 0.25) is 0 Å². The zero-order valence-corrected chi connectivity index (χ0v) is 8.67. The van der Waals surface area contributed by atoms with Crippen LogP contribution in [-0.4, -0.2) is 38.6 Å². The van der Waals surface area contributed by atoms with Gasteiger partial charge < -0.3 is 14.9 Å². The standard InChI is InChI=1S/C9H11FN2O5/c10-4-2-12(9(16)11-8(4)15)7-1-5(14)6(3-13)17-7/h2,5-7,13-14H,1,3H2,(H,11,15,16)/t5-,6-,7-/m0/s1. The third kappa shape index (κ3) is 2.14. The van der Waals surface area contributed by atoms with E-state index in [9.17, 15) is 19.1 Å². The van der Waals surface area contributed by atoms with E-state index in [1.165, 1.54) is 0 Å². The summed E-state index contributed by atoms with van der Waals surface area (Å²) >= 11 is 0. The summed E-state index contributed by atoms with van der Waals surface area (Å²) in [5, 5.41) is 18.3. The molecule has 94 valence electrons. The van der Waals surface area contributed by atoms with Crippen LogP contribution in [0.5, 0.6) is 0 Å². The highest BCUT2D eigenvalue weighted by Crippen LogP contribution is 2.26. The Kier molecular flexibility index (Phi) is 3.09. The Morgan fingerprint density at radius 2 is 2.29 bits per heavy atom. The molecule has 1 aliphatic rings. The van der Waals surface area contributed by atoms with Crippen LogP contribution in [-0.2, 0) is 4.74 Å². The van der Waals surface area contributed by atoms with Crippen molar-refractivity contribution in [2.24, 2.45) is 0 Å². The van der Waals surface area contributed by atoms with Gasteiger partial charge in [0.25, 0.3) is 5.56 Å². The van der Waals surface area contributed by atoms with Crippen LogP contribution in [0, 0.1) is 5.82 Å². The molecule has 1 saturated heterocycles. The highest BCUT2D eigenvalue weighted by atomic mass is 19.1. The van der Waals surface area contributed by atoms with E-state index in [0.717, 1.165) is 10.8 Å². The Bertz CT molecular complexity index is 525. The second-order valence-corrected chi connectivity index (χ2v) is 3.76. The van der Waals surface area contributed by atoms with Gasteiger partial charge in [-0.3, -0.25) is 14.3 Å². The summed E-state index contributed by atoms with van der Waals surface area (Å²) in [6.07, 6.45) is -1.90. The van der Waals surface area contributed by atoms with Crippen molar-refractivity contribution in [1.82, 2.24) is 9.55 Å². The van der Waals surface area contributed by atoms with Crippen LogP contribution in [0.15, 0.2) is 15.8 Å². The van der Waals surface area contributed by atoms with Crippen molar-refractivity contribution in [1.29, 1.82) is 0 Å². The van der Waals surface area contributed by atoms with Crippen molar-refractivity contribution >= 4 is 0 Å². The van der Waals surface area contributed by atoms with E-state index in [1.807, 2.05) is 0 Å². The molecule has 0 aromatic carbocycles. The lowest BCUT2D eigenvalue weighted by atomic mass is 10.2. The van der Waals surface area contributed by atoms with Gasteiger partial charge in [0.15, 0.2) is 0 Å². The maximum atomic E-state index is 13.0. The molecule has 0 spiro atoms. The fourth-order valence-corrected chi connectivity index (χ4v) is 1.72. The first-order valence-electron chi connectivity index (χ1n) is 4.98. The number of aliphatic hydroxyl groups excluding tert-OH is 2. The second kappa shape index (κ2) is 4.40. The van der Waals surface area contributed by atoms with Gasteiger partial charge in [0.05, 0.1) is 18.9 Å². The minimum absolute atomic E-state index is 0.0383. The monoisotopic (exact) mass is 246 g/mol. The molecule has 2 rings (SSSR count). The Labute approximate surface area is 94.1 Å². The van der Waals surface area contributed by atoms with Crippen molar-refractivity contribution < 1.29 is 19.3 Å². The summed E-state index contributed by atoms with van der Waals surface area (Å²) in [6.45, 7) is -0.405. The summed E-state index contributed by atoms with van der Waals surface area (Å²) < 4.78 is 19.0. The van der Waals surface area contributed by atoms with Crippen LogP contribution >= 0.6 is 0 Å². The molecule has 7 nitrogen and oxygen atoms in total. The number of ether oxygens (including phenoxy) is 1. The molecular weight excluding hydrogens is 235 g/mol. The van der Waals surface area contributed by atoms with E-state index < -0.39 is 42.1 Å². The number of nitrogens with zero attached hydrogens (tertiary/aromatic N) is 1. The lowest BCUT2D eigenvalue weighted by molar-refractivity contribution is -0.0462. The maximum Gasteiger partial charge on any atom is 0.330 e. The highest BCUT2D eigenvalue weighted by Gasteiger charge is 2.35. The minimum atomic E-state index is -1.12. The van der Waals surface area contributed by atoms with Crippen molar-refractivity contribution in [2.75, 3.05) is 6.61 Å². The van der Waals surface area contributed by atoms with Gasteiger partial charge in [-0.1, -0.05) is 0 Å². The largest absolute Gasteiger partial charge is 0.394 e. The van der Waals surface area contributed by atoms with E-state index in [-0.39, 0.29) is 6.42 Å². The van der Waals surface area contributed by atoms with Gasteiger partial charge in [0.1, 0.15) is 12.3 Å². The summed E-state index contributed by atoms with van der Waals surface area (Å²) in [7, 11) is 0. The quantitative estimate of drug-likeness (QED) is 0.578. The first-order chi connectivity index (χ1) is 8.02. The van der Waals surface area contributed by atoms with Crippen molar-refractivity contribution in [3.05, 3.63) is 32.9 Å². The number of halogens is 1. The molecule has 1 aliphatic heterocycles. The van der Waals surface area contributed by atoms with Crippen LogP contribution in [0.4, 0.5) is 4.39 Å². The summed E-state index contributed by atoms with van der Waals surface area (Å²) in [6, 6.07) is 0. The lowest BCUT2D eigenvalue weighted by Gasteiger charge is -2.13. The topological polar surface area (TPSA) is 105 Å². The van der Waals surface area contributed by atoms with Crippen LogP contribution in [0.1, 0.15) is 12.6 Å². The Morgan fingerprint density at radius 3 is 2.88 bits per heavy atom. The van der Waals surface area contributed by atoms with E-state index in [0.29, 0.717) is 0 Å². The van der Waals surface area contributed by atoms with Crippen LogP contribution in [0.25, 0.3) is 0 Å². The molecule has 8 heteroatoms. The summed E-state index contributed by atoms with van der Waals surface area (Å²) in [5.74, 6) is -1.12. The number of hydrogen-bond donors (Lipinski definition) is 3. The number of H-pyrrole nitrogens is 1. The van der Waals surface area contributed by atoms with Crippen molar-refractivity contribution in [3.8, 4) is 0 Å². The third-order valence-corrected chi connectivity index (χ3v) is 2.62. The first kappa shape index (κ1) is 12.0. The molecule has 2 heterocycles. The van der Waals surface area contributed by atoms with E-state index in [1.54, 1.807) is 4.98 Å². The number of aromatic nitrogens is 2. The van der Waals surface area contributed by atoms with Gasteiger partial charge in [-0.25, -0.2) is 4.79 Å². The van der Waals surface area contributed by atoms with Crippen molar-refractivity contribution in [2.45, 2.75) is 24.9 Å². The van der Waals surface area contributed by atoms with E-state index in [2.05, 4.69) is 0 Å². The average molecular weight is 246 g/mol. The molecule has 17 heavy (non-hydrogen) atoms. The van der Waals surface area contributed by atoms with Gasteiger partial charge in [0.2, 0.25) is 5.82 Å². The Hall–Kier alpha value is -1.51. The third-order valence-electron chi connectivity index (χ3n) is 2.62. The van der Waals surface area contributed by atoms with Gasteiger partial charge in [-0.05, 0) is 0 Å². The molecule has 3 N–H and O–H groups in total. The molecule has 0 aliphatic carbocycles. The van der Waals surface area contributed by atoms with Gasteiger partial charge >= 0.3 is 5.69 Å². The SMILES string of the molecule is O=c1[nH]c(=O)n([C@@H]2C[C@H](O)[C@H](CO)O2)cc1F. The molecule has 1 fully saturated rings. The fraction of sp³-hybridized carbons (Fsp3) is 0.556. The lowest BCUT2D eigenvalue weighted by Crippen LogP contribution is -2.34. The van der Waals surface area contributed by atoms with Gasteiger partial charge in [-0.2, -0.15) is 4.39 Å². The summed E-state index contributed by atoms with van der Waals surface area (Å²) in [5.41, 5.74) is -1.93. The molecule has 0 unspecified atom stereocenters. The van der Waals surface area contributed by atoms with Crippen LogP contribution in [0.3, 0.4) is 0 Å². The van der Waals surface area contributed by atoms with E-state index >= 15 is 0 Å². The molecule has 1 aromatic rings. The van der Waals surface area contributed by atoms with Gasteiger partial charge in [0, 0.05) is 6.42 Å². The smallest absolute Gasteiger partial charge is 0.330 e. The van der Waals surface area contributed by atoms with Crippen molar-refractivity contribution in [3.63, 3.8) is 0 Å². The molecular formula is C9H11FN2O5. The molecule has 0 radical (unpaired) electrons. The van der Waals surface area contributed by atoms with Crippen LogP contribution < -0.4 is 11.2 Å². The maximum absolute atomic E-state index is 13.0. The fourth-order valence-electron chi connectivity index (χ4n) is 1.72. The van der Waals surface area contributed by atoms with E-state index in [4.69, 9.17) is 9.84 Å². The highest BCUT2D eigenvalue weighted by molar-refractivity contribution is 4.90. The molecule has 0 bridgehead atoms. The molecule has 3 atom stereocenters. The normalized spacial score (nSPS) is 28.5. The number of aliphatic hydroxyl groups is 2. The minimum Gasteiger partial charge on any atom is -0.394 e. The Morgan fingerprint density at radius 1 is 1.59 bits per heavy atom. The van der Waals surface area contributed by atoms with Gasteiger partial charge in [-0.15, -0.1) is 0 Å². The molecule has 0 saturated carbocycles. The summed E-state index contributed by atoms with van der Waals surface area (Å²) in [4.78, 5) is 24.0. The predicted octanol–water partition coefficient (Wildman–Crippen LogP) is -1.68. The number of hydrogen-bond acceptors (Lipinski definition) is 5. The zero-order chi connectivity index (χ0) is 12.6. The first-order valence-corrected chi connectivity index (χ1v) is 4.98. The number of nitrogens with one attached hydrogen (secondary N) is 1. The number of aromatic amines is 1.